The van der Waals surface area contributed by atoms with Crippen molar-refractivity contribution in [3.8, 4) is 0 Å². The van der Waals surface area contributed by atoms with E-state index in [1.807, 2.05) is 0 Å². The molecule has 3 heteroatoms. The van der Waals surface area contributed by atoms with Crippen LogP contribution in [0.1, 0.15) is 46.0 Å². The lowest BCUT2D eigenvalue weighted by molar-refractivity contribution is -0.880. The highest BCUT2D eigenvalue weighted by molar-refractivity contribution is 5.76. The van der Waals surface area contributed by atoms with Crippen LogP contribution in [0.2, 0.25) is 0 Å². The topological polar surface area (TPSA) is 43.1 Å². The lowest BCUT2D eigenvalue weighted by atomic mass is 9.83. The third kappa shape index (κ3) is 4.27. The number of nitrogens with zero attached hydrogens (tertiary/aromatic N) is 1. The van der Waals surface area contributed by atoms with Crippen LogP contribution in [0.5, 0.6) is 0 Å². The van der Waals surface area contributed by atoms with Gasteiger partial charge in [-0.2, -0.15) is 0 Å². The van der Waals surface area contributed by atoms with Crippen molar-refractivity contribution in [3.05, 3.63) is 0 Å². The Morgan fingerprint density at radius 1 is 1.22 bits per heavy atom. The number of likely N-dealkylation sites (tertiary alicyclic amines) is 1. The standard InChI is InChI=1S/C15H30N2O/c1-5-7-12(15(16)18)9-14-11-17(3,4)10-13(14)8-6-2/h12-14H,5-11H2,1-4H3,(H-,16,18)/p+1. The fourth-order valence-electron chi connectivity index (χ4n) is 3.70. The number of carbonyl (C=O) groups is 1. The minimum Gasteiger partial charge on any atom is -0.369 e. The summed E-state index contributed by atoms with van der Waals surface area (Å²) in [5.41, 5.74) is 5.54. The van der Waals surface area contributed by atoms with Crippen molar-refractivity contribution < 1.29 is 9.28 Å². The van der Waals surface area contributed by atoms with Gasteiger partial charge in [0.2, 0.25) is 5.91 Å². The molecule has 18 heavy (non-hydrogen) atoms. The van der Waals surface area contributed by atoms with E-state index in [0.29, 0.717) is 5.92 Å². The number of carbonyl (C=O) groups excluding carboxylic acids is 1. The molecule has 2 N–H and O–H groups in total. The van der Waals surface area contributed by atoms with Crippen molar-refractivity contribution in [2.24, 2.45) is 23.5 Å². The van der Waals surface area contributed by atoms with Crippen molar-refractivity contribution in [3.63, 3.8) is 0 Å². The predicted octanol–water partition coefficient (Wildman–Crippen LogP) is 2.40. The van der Waals surface area contributed by atoms with Gasteiger partial charge in [-0.3, -0.25) is 4.79 Å². The number of quaternary nitrogens is 1. The molecular formula is C15H31N2O+. The molecule has 0 radical (unpaired) electrons. The van der Waals surface area contributed by atoms with E-state index in [1.165, 1.54) is 25.9 Å². The van der Waals surface area contributed by atoms with E-state index in [9.17, 15) is 4.79 Å². The van der Waals surface area contributed by atoms with Crippen molar-refractivity contribution in [2.75, 3.05) is 27.2 Å². The molecule has 0 aromatic rings. The Hall–Kier alpha value is -0.570. The van der Waals surface area contributed by atoms with Gasteiger partial charge < -0.3 is 10.2 Å². The van der Waals surface area contributed by atoms with Crippen LogP contribution in [-0.2, 0) is 4.79 Å². The van der Waals surface area contributed by atoms with Crippen LogP contribution in [0.4, 0.5) is 0 Å². The largest absolute Gasteiger partial charge is 0.369 e. The van der Waals surface area contributed by atoms with Crippen molar-refractivity contribution in [1.29, 1.82) is 0 Å². The van der Waals surface area contributed by atoms with Gasteiger partial charge in [0, 0.05) is 17.8 Å². The summed E-state index contributed by atoms with van der Waals surface area (Å²) in [7, 11) is 4.61. The molecule has 0 saturated carbocycles. The number of hydrogen-bond donors (Lipinski definition) is 1. The van der Waals surface area contributed by atoms with Crippen LogP contribution >= 0.6 is 0 Å². The maximum absolute atomic E-state index is 11.5. The van der Waals surface area contributed by atoms with Gasteiger partial charge in [-0.1, -0.05) is 26.7 Å². The molecule has 1 fully saturated rings. The number of hydrogen-bond acceptors (Lipinski definition) is 1. The molecule has 1 rings (SSSR count). The van der Waals surface area contributed by atoms with E-state index in [4.69, 9.17) is 5.73 Å². The van der Waals surface area contributed by atoms with Crippen LogP contribution in [0.15, 0.2) is 0 Å². The van der Waals surface area contributed by atoms with Gasteiger partial charge in [-0.25, -0.2) is 0 Å². The number of nitrogens with two attached hydrogens (primary N) is 1. The summed E-state index contributed by atoms with van der Waals surface area (Å²) in [5.74, 6) is 1.47. The van der Waals surface area contributed by atoms with Crippen molar-refractivity contribution >= 4 is 5.91 Å². The highest BCUT2D eigenvalue weighted by Crippen LogP contribution is 2.35. The highest BCUT2D eigenvalue weighted by atomic mass is 16.1. The molecular weight excluding hydrogens is 224 g/mol. The second-order valence-corrected chi connectivity index (χ2v) is 6.73. The highest BCUT2D eigenvalue weighted by Gasteiger charge is 2.40. The molecule has 3 atom stereocenters. The van der Waals surface area contributed by atoms with Gasteiger partial charge in [0.25, 0.3) is 0 Å². The first-order valence-electron chi connectivity index (χ1n) is 7.51. The second-order valence-electron chi connectivity index (χ2n) is 6.73. The fourth-order valence-corrected chi connectivity index (χ4v) is 3.70. The molecule has 0 aliphatic carbocycles. The lowest BCUT2D eigenvalue weighted by Gasteiger charge is -2.24. The number of amides is 1. The average molecular weight is 255 g/mol. The minimum absolute atomic E-state index is 0.0932. The molecule has 1 saturated heterocycles. The second kappa shape index (κ2) is 6.55. The summed E-state index contributed by atoms with van der Waals surface area (Å²) >= 11 is 0. The Morgan fingerprint density at radius 2 is 1.83 bits per heavy atom. The Morgan fingerprint density at radius 3 is 2.33 bits per heavy atom. The quantitative estimate of drug-likeness (QED) is 0.697. The maximum Gasteiger partial charge on any atom is 0.220 e. The Kier molecular flexibility index (Phi) is 5.64. The zero-order valence-electron chi connectivity index (χ0n) is 12.6. The number of primary amides is 1. The summed E-state index contributed by atoms with van der Waals surface area (Å²) in [6.07, 6.45) is 5.56. The SMILES string of the molecule is CCCC(CC1C[N+](C)(C)CC1CCC)C(N)=O. The van der Waals surface area contributed by atoms with Gasteiger partial charge >= 0.3 is 0 Å². The van der Waals surface area contributed by atoms with Crippen LogP contribution in [0.3, 0.4) is 0 Å². The van der Waals surface area contributed by atoms with E-state index in [0.717, 1.165) is 29.7 Å². The summed E-state index contributed by atoms with van der Waals surface area (Å²) in [6.45, 7) is 6.86. The van der Waals surface area contributed by atoms with E-state index < -0.39 is 0 Å². The first-order chi connectivity index (χ1) is 8.39. The van der Waals surface area contributed by atoms with E-state index in [2.05, 4.69) is 27.9 Å². The molecule has 106 valence electrons. The van der Waals surface area contributed by atoms with Crippen LogP contribution < -0.4 is 5.73 Å². The average Bonchev–Trinajstić information content (AvgIpc) is 2.53. The van der Waals surface area contributed by atoms with E-state index in [-0.39, 0.29) is 11.8 Å². The normalized spacial score (nSPS) is 28.2. The van der Waals surface area contributed by atoms with Crippen LogP contribution in [0.25, 0.3) is 0 Å². The van der Waals surface area contributed by atoms with Gasteiger partial charge in [0.05, 0.1) is 27.2 Å². The summed E-state index contributed by atoms with van der Waals surface area (Å²) < 4.78 is 1.10. The van der Waals surface area contributed by atoms with Crippen molar-refractivity contribution in [1.82, 2.24) is 0 Å². The van der Waals surface area contributed by atoms with E-state index in [1.54, 1.807) is 0 Å². The summed E-state index contributed by atoms with van der Waals surface area (Å²) in [6, 6.07) is 0. The first kappa shape index (κ1) is 15.5. The lowest BCUT2D eigenvalue weighted by Crippen LogP contribution is -2.37. The molecule has 1 heterocycles. The minimum atomic E-state index is -0.0932. The molecule has 3 unspecified atom stereocenters. The molecule has 1 aliphatic heterocycles. The molecule has 0 aromatic heterocycles. The van der Waals surface area contributed by atoms with Crippen LogP contribution in [-0.4, -0.2) is 37.6 Å². The molecule has 1 aliphatic rings. The zero-order valence-corrected chi connectivity index (χ0v) is 12.6. The van der Waals surface area contributed by atoms with Gasteiger partial charge in [0.15, 0.2) is 0 Å². The van der Waals surface area contributed by atoms with Gasteiger partial charge in [-0.15, -0.1) is 0 Å². The van der Waals surface area contributed by atoms with Crippen molar-refractivity contribution in [2.45, 2.75) is 46.0 Å². The fraction of sp³-hybridized carbons (Fsp3) is 0.933. The van der Waals surface area contributed by atoms with E-state index >= 15 is 0 Å². The molecule has 0 bridgehead atoms. The third-order valence-corrected chi connectivity index (χ3v) is 4.41. The summed E-state index contributed by atoms with van der Waals surface area (Å²) in [4.78, 5) is 11.5. The molecule has 1 amide bonds. The molecule has 3 nitrogen and oxygen atoms in total. The molecule has 0 aromatic carbocycles. The smallest absolute Gasteiger partial charge is 0.220 e. The van der Waals surface area contributed by atoms with Gasteiger partial charge in [-0.05, 0) is 19.3 Å². The first-order valence-corrected chi connectivity index (χ1v) is 7.51. The zero-order chi connectivity index (χ0) is 13.8. The van der Waals surface area contributed by atoms with Gasteiger partial charge in [0.1, 0.15) is 0 Å². The summed E-state index contributed by atoms with van der Waals surface area (Å²) in [5, 5.41) is 0. The third-order valence-electron chi connectivity index (χ3n) is 4.41. The predicted molar refractivity (Wildman–Crippen MR) is 75.9 cm³/mol. The van der Waals surface area contributed by atoms with Crippen LogP contribution in [0, 0.1) is 17.8 Å². The Bertz CT molecular complexity index is 276. The monoisotopic (exact) mass is 255 g/mol. The molecule has 0 spiro atoms. The number of rotatable bonds is 7. The Labute approximate surface area is 112 Å². The Balaban J connectivity index is 2.64. The maximum atomic E-state index is 11.5.